The molecule has 0 radical (unpaired) electrons. The summed E-state index contributed by atoms with van der Waals surface area (Å²) in [7, 11) is 0. The highest BCUT2D eigenvalue weighted by Gasteiger charge is 2.24. The van der Waals surface area contributed by atoms with Crippen molar-refractivity contribution >= 4 is 39.1 Å². The number of piperidine rings is 1. The number of aromatic nitrogens is 1. The summed E-state index contributed by atoms with van der Waals surface area (Å²) in [6, 6.07) is -3.30. The Bertz CT molecular complexity index is 1350. The number of nitrogens with zero attached hydrogens (tertiary/aromatic N) is 2. The highest BCUT2D eigenvalue weighted by molar-refractivity contribution is 7.22. The normalized spacial score (nSPS) is 26.6. The first kappa shape index (κ1) is 11.0. The summed E-state index contributed by atoms with van der Waals surface area (Å²) in [4.78, 5) is 27.7. The van der Waals surface area contributed by atoms with Crippen LogP contribution in [-0.2, 0) is 0 Å². The number of nitrogens with one attached hydrogen (secondary N) is 1. The van der Waals surface area contributed by atoms with Gasteiger partial charge in [-0.3, -0.25) is 14.2 Å². The molecule has 0 saturated carbocycles. The fourth-order valence-electron chi connectivity index (χ4n) is 2.92. The molecule has 3 rings (SSSR count). The van der Waals surface area contributed by atoms with Crippen LogP contribution in [0.1, 0.15) is 70.0 Å². The van der Waals surface area contributed by atoms with Gasteiger partial charge in [0.1, 0.15) is 16.1 Å². The maximum absolute atomic E-state index is 13.5. The number of amides is 1. The summed E-state index contributed by atoms with van der Waals surface area (Å²) in [6.45, 7) is -5.70. The first-order valence-electron chi connectivity index (χ1n) is 14.1. The molecule has 1 aliphatic heterocycles. The molecule has 154 valence electrons. The minimum Gasteiger partial charge on any atom is -0.506 e. The van der Waals surface area contributed by atoms with Crippen LogP contribution >= 0.6 is 22.9 Å². The maximum Gasteiger partial charge on any atom is 0.268 e. The molecule has 1 aliphatic rings. The van der Waals surface area contributed by atoms with Crippen LogP contribution in [0.2, 0.25) is 5.75 Å². The van der Waals surface area contributed by atoms with Crippen molar-refractivity contribution in [1.29, 1.82) is 0 Å². The number of carbonyl (C=O) groups excluding carboxylic acids is 1. The number of thiophene rings is 1. The number of carbonyl (C=O) groups is 1. The molecule has 6 nitrogen and oxygen atoms in total. The quantitative estimate of drug-likeness (QED) is 0.721. The number of aromatic hydroxyl groups is 1. The van der Waals surface area contributed by atoms with Crippen LogP contribution in [0.15, 0.2) is 10.8 Å². The van der Waals surface area contributed by atoms with E-state index in [-0.39, 0.29) is 27.6 Å². The van der Waals surface area contributed by atoms with E-state index < -0.39 is 72.4 Å². The molecule has 1 unspecified atom stereocenters. The lowest BCUT2D eigenvalue weighted by molar-refractivity contribution is 0.0946. The molecule has 2 N–H and O–H groups in total. The molecular formula is C20H28ClN3O3S. The van der Waals surface area contributed by atoms with Crippen LogP contribution < -0.4 is 10.9 Å². The molecule has 0 spiro atoms. The average Bonchev–Trinajstić information content (AvgIpc) is 3.05. The molecule has 1 fully saturated rings. The van der Waals surface area contributed by atoms with Crippen molar-refractivity contribution in [3.63, 3.8) is 0 Å². The van der Waals surface area contributed by atoms with Crippen molar-refractivity contribution < 1.29 is 25.0 Å². The van der Waals surface area contributed by atoms with Crippen LogP contribution in [0.4, 0.5) is 0 Å². The number of pyridine rings is 1. The first-order chi connectivity index (χ1) is 17.5. The Hall–Kier alpha value is -1.57. The third-order valence-corrected chi connectivity index (χ3v) is 5.63. The van der Waals surface area contributed by atoms with Gasteiger partial charge in [0, 0.05) is 23.5 Å². The van der Waals surface area contributed by atoms with Crippen LogP contribution in [0, 0.1) is 5.89 Å². The predicted molar refractivity (Wildman–Crippen MR) is 115 cm³/mol. The minimum absolute atomic E-state index is 0.138. The lowest BCUT2D eigenvalue weighted by Crippen LogP contribution is -2.37. The minimum atomic E-state index is -3.14. The van der Waals surface area contributed by atoms with E-state index in [1.54, 1.807) is 6.92 Å². The number of likely N-dealkylation sites (tertiary alicyclic amines) is 1. The van der Waals surface area contributed by atoms with Gasteiger partial charge in [0.15, 0.2) is 1.41 Å². The highest BCUT2D eigenvalue weighted by Crippen LogP contribution is 2.36. The van der Waals surface area contributed by atoms with Crippen LogP contribution in [0.5, 0.6) is 5.75 Å². The van der Waals surface area contributed by atoms with E-state index in [1.807, 2.05) is 0 Å². The third kappa shape index (κ3) is 4.36. The van der Waals surface area contributed by atoms with E-state index in [0.717, 1.165) is 6.92 Å². The smallest absolute Gasteiger partial charge is 0.268 e. The van der Waals surface area contributed by atoms with Gasteiger partial charge in [-0.25, -0.2) is 0 Å². The second kappa shape index (κ2) is 8.84. The van der Waals surface area contributed by atoms with Gasteiger partial charge in [-0.2, -0.15) is 0 Å². The molecule has 3 heterocycles. The van der Waals surface area contributed by atoms with Gasteiger partial charge in [0.05, 0.1) is 12.5 Å². The van der Waals surface area contributed by atoms with Gasteiger partial charge in [0.2, 0.25) is 0 Å². The summed E-state index contributed by atoms with van der Waals surface area (Å²) >= 11 is 6.53. The molecule has 8 heteroatoms. The fourth-order valence-corrected chi connectivity index (χ4v) is 4.12. The first-order valence-corrected chi connectivity index (χ1v) is 9.81. The Balaban J connectivity index is 2.10. The van der Waals surface area contributed by atoms with E-state index >= 15 is 0 Å². The molecule has 1 atom stereocenters. The topological polar surface area (TPSA) is 74.6 Å². The van der Waals surface area contributed by atoms with E-state index in [2.05, 4.69) is 0 Å². The van der Waals surface area contributed by atoms with Crippen LogP contribution in [0.3, 0.4) is 0 Å². The van der Waals surface area contributed by atoms with Crippen LogP contribution in [0.25, 0.3) is 10.2 Å². The molecule has 2 aromatic heterocycles. The number of hydrogen-bond donors (Lipinski definition) is 2. The van der Waals surface area contributed by atoms with Gasteiger partial charge in [-0.15, -0.1) is 11.3 Å². The maximum atomic E-state index is 13.5. The molecule has 0 aliphatic carbocycles. The molecule has 0 bridgehead atoms. The second-order valence-electron chi connectivity index (χ2n) is 6.48. The largest absolute Gasteiger partial charge is 0.506 e. The molecule has 0 aromatic carbocycles. The zero-order chi connectivity index (χ0) is 30.1. The van der Waals surface area contributed by atoms with Gasteiger partial charge in [-0.05, 0) is 64.6 Å². The molecule has 1 saturated heterocycles. The molecule has 28 heavy (non-hydrogen) atoms. The van der Waals surface area contributed by atoms with Crippen molar-refractivity contribution in [3.05, 3.63) is 26.3 Å². The summed E-state index contributed by atoms with van der Waals surface area (Å²) in [6.07, 6.45) is -0.387. The zero-order valence-electron chi connectivity index (χ0n) is 26.4. The van der Waals surface area contributed by atoms with E-state index in [4.69, 9.17) is 26.7 Å². The molecule has 2 aromatic rings. The van der Waals surface area contributed by atoms with Crippen molar-refractivity contribution in [2.75, 3.05) is 26.1 Å². The molecular weight excluding hydrogens is 398 g/mol. The predicted octanol–water partition coefficient (Wildman–Crippen LogP) is 3.85. The summed E-state index contributed by atoms with van der Waals surface area (Å²) < 4.78 is 89.5. The Kier molecular flexibility index (Phi) is 3.47. The fraction of sp³-hybridized carbons (Fsp3) is 0.600. The monoisotopic (exact) mass is 436 g/mol. The van der Waals surface area contributed by atoms with E-state index in [9.17, 15) is 14.7 Å². The van der Waals surface area contributed by atoms with Crippen molar-refractivity contribution in [1.82, 2.24) is 14.8 Å². The second-order valence-corrected chi connectivity index (χ2v) is 8.09. The zero-order valence-corrected chi connectivity index (χ0v) is 17.0. The van der Waals surface area contributed by atoms with E-state index in [1.165, 1.54) is 4.90 Å². The molecule has 1 amide bonds. The van der Waals surface area contributed by atoms with E-state index in [0.29, 0.717) is 28.7 Å². The summed E-state index contributed by atoms with van der Waals surface area (Å²) in [5, 5.41) is 10.0. The number of halogens is 1. The van der Waals surface area contributed by atoms with Crippen molar-refractivity contribution in [2.45, 2.75) is 46.0 Å². The Labute approximate surface area is 189 Å². The van der Waals surface area contributed by atoms with Gasteiger partial charge < -0.3 is 15.3 Å². The summed E-state index contributed by atoms with van der Waals surface area (Å²) in [5.74, 6) is -3.62. The van der Waals surface area contributed by atoms with Gasteiger partial charge in [-0.1, -0.05) is 18.5 Å². The number of fused-ring (bicyclic) bond motifs is 1. The van der Waals surface area contributed by atoms with Crippen molar-refractivity contribution in [3.8, 4) is 5.75 Å². The summed E-state index contributed by atoms with van der Waals surface area (Å²) in [5.41, 5.74) is -2.77. The average molecular weight is 437 g/mol. The lowest BCUT2D eigenvalue weighted by atomic mass is 9.99. The standard InChI is InChI=1S/C20H28ClN3O3S/c1-12(2)24-19(27)16(17(25)14-11-15(21)28-20(14)24)18(26)22-7-4-8-23-9-5-13(3)6-10-23/h11-13,25H,4-10H2,1-3H3,(H,22,26)/i1D3,7D2,8D2,11D,12D,13D/hD. The highest BCUT2D eigenvalue weighted by atomic mass is 35.5. The number of hydrogen-bond acceptors (Lipinski definition) is 5. The Morgan fingerprint density at radius 1 is 1.68 bits per heavy atom. The Morgan fingerprint density at radius 2 is 2.39 bits per heavy atom. The third-order valence-electron chi connectivity index (χ3n) is 4.45. The van der Waals surface area contributed by atoms with Crippen molar-refractivity contribution in [2.24, 2.45) is 5.89 Å². The van der Waals surface area contributed by atoms with Gasteiger partial charge in [0.25, 0.3) is 11.5 Å². The number of rotatable bonds is 6. The van der Waals surface area contributed by atoms with Gasteiger partial charge >= 0.3 is 0 Å². The Morgan fingerprint density at radius 3 is 3.07 bits per heavy atom. The van der Waals surface area contributed by atoms with Crippen LogP contribution in [-0.4, -0.2) is 46.6 Å². The SMILES string of the molecule is [2H]c1c(Cl)sc2c1c(O)c(C(=O)N([2H])C([2H])([2H])CC([2H])([2H])N1CCC([2H])(C)CC1)c(=O)n2C([2H])(C)C([2H])([2H])[2H]. The lowest BCUT2D eigenvalue weighted by Gasteiger charge is -2.30.